The summed E-state index contributed by atoms with van der Waals surface area (Å²) in [6.45, 7) is 3.62. The Kier molecular flexibility index (Phi) is 5.15. The quantitative estimate of drug-likeness (QED) is 0.815. The van der Waals surface area contributed by atoms with Gasteiger partial charge >= 0.3 is 0 Å². The molecule has 0 bridgehead atoms. The number of piperidine rings is 1. The Morgan fingerprint density at radius 3 is 2.80 bits per heavy atom. The third-order valence-corrected chi connectivity index (χ3v) is 3.74. The van der Waals surface area contributed by atoms with E-state index >= 15 is 0 Å². The van der Waals surface area contributed by atoms with Crippen LogP contribution in [0, 0.1) is 5.92 Å². The number of nitrogens with one attached hydrogen (secondary N) is 1. The number of aromatic nitrogens is 1. The second-order valence-corrected chi connectivity index (χ2v) is 5.21. The molecule has 20 heavy (non-hydrogen) atoms. The van der Waals surface area contributed by atoms with E-state index < -0.39 is 0 Å². The first kappa shape index (κ1) is 14.6. The molecule has 1 fully saturated rings. The summed E-state index contributed by atoms with van der Waals surface area (Å²) in [5.41, 5.74) is 1.05. The van der Waals surface area contributed by atoms with E-state index in [-0.39, 0.29) is 17.7 Å². The van der Waals surface area contributed by atoms with Crippen LogP contribution in [0.2, 0.25) is 0 Å². The van der Waals surface area contributed by atoms with Crippen LogP contribution in [0.15, 0.2) is 17.0 Å². The van der Waals surface area contributed by atoms with E-state index in [0.717, 1.165) is 31.2 Å². The van der Waals surface area contributed by atoms with Crippen LogP contribution in [0.1, 0.15) is 31.7 Å². The minimum atomic E-state index is 0.0428. The maximum Gasteiger partial charge on any atom is 0.223 e. The molecule has 0 unspecified atom stereocenters. The predicted octanol–water partition coefficient (Wildman–Crippen LogP) is 0.982. The summed E-state index contributed by atoms with van der Waals surface area (Å²) < 4.78 is 4.75. The van der Waals surface area contributed by atoms with Crippen LogP contribution in [-0.2, 0) is 16.0 Å². The Labute approximate surface area is 118 Å². The van der Waals surface area contributed by atoms with Crippen molar-refractivity contribution in [2.45, 2.75) is 32.6 Å². The maximum atomic E-state index is 12.0. The molecule has 6 heteroatoms. The first-order valence-electron chi connectivity index (χ1n) is 7.08. The summed E-state index contributed by atoms with van der Waals surface area (Å²) in [7, 11) is 0. The van der Waals surface area contributed by atoms with Gasteiger partial charge in [0.05, 0.1) is 6.20 Å². The highest BCUT2D eigenvalue weighted by Gasteiger charge is 2.25. The van der Waals surface area contributed by atoms with Crippen molar-refractivity contribution in [2.75, 3.05) is 19.6 Å². The Balaban J connectivity index is 1.62. The Hall–Kier alpha value is -1.85. The number of carbonyl (C=O) groups is 2. The first-order valence-corrected chi connectivity index (χ1v) is 7.08. The number of carbonyl (C=O) groups excluding carboxylic acids is 2. The van der Waals surface area contributed by atoms with Gasteiger partial charge in [-0.1, -0.05) is 5.16 Å². The lowest BCUT2D eigenvalue weighted by Crippen LogP contribution is -2.42. The summed E-state index contributed by atoms with van der Waals surface area (Å²) in [5, 5.41) is 6.60. The molecule has 1 aromatic rings. The van der Waals surface area contributed by atoms with E-state index in [1.807, 2.05) is 0 Å². The zero-order chi connectivity index (χ0) is 14.4. The standard InChI is InChI=1S/C14H21N3O3/c1-11(18)17-7-4-13(5-8-17)14(19)15-6-2-3-12-9-16-20-10-12/h9-10,13H,2-8H2,1H3,(H,15,19). The highest BCUT2D eigenvalue weighted by Crippen LogP contribution is 2.17. The topological polar surface area (TPSA) is 75.4 Å². The van der Waals surface area contributed by atoms with Crippen molar-refractivity contribution in [3.8, 4) is 0 Å². The fourth-order valence-corrected chi connectivity index (χ4v) is 2.46. The lowest BCUT2D eigenvalue weighted by Gasteiger charge is -2.30. The largest absolute Gasteiger partial charge is 0.364 e. The van der Waals surface area contributed by atoms with E-state index in [0.29, 0.717) is 19.6 Å². The van der Waals surface area contributed by atoms with Gasteiger partial charge in [0.2, 0.25) is 11.8 Å². The molecular formula is C14H21N3O3. The molecule has 0 spiro atoms. The Morgan fingerprint density at radius 2 is 2.20 bits per heavy atom. The molecule has 1 aliphatic heterocycles. The predicted molar refractivity (Wildman–Crippen MR) is 72.8 cm³/mol. The first-order chi connectivity index (χ1) is 9.66. The fourth-order valence-electron chi connectivity index (χ4n) is 2.46. The number of amides is 2. The molecule has 0 radical (unpaired) electrons. The van der Waals surface area contributed by atoms with Crippen molar-refractivity contribution >= 4 is 11.8 Å². The molecule has 6 nitrogen and oxygen atoms in total. The Morgan fingerprint density at radius 1 is 1.45 bits per heavy atom. The van der Waals surface area contributed by atoms with Crippen LogP contribution in [0.5, 0.6) is 0 Å². The summed E-state index contributed by atoms with van der Waals surface area (Å²) in [6, 6.07) is 0. The molecule has 2 amide bonds. The van der Waals surface area contributed by atoms with Crippen LogP contribution in [-0.4, -0.2) is 41.5 Å². The van der Waals surface area contributed by atoms with Gasteiger partial charge in [-0.15, -0.1) is 0 Å². The molecule has 0 atom stereocenters. The molecule has 1 aromatic heterocycles. The lowest BCUT2D eigenvalue weighted by molar-refractivity contribution is -0.133. The zero-order valence-corrected chi connectivity index (χ0v) is 11.8. The highest BCUT2D eigenvalue weighted by atomic mass is 16.5. The minimum absolute atomic E-state index is 0.0428. The van der Waals surface area contributed by atoms with Crippen LogP contribution < -0.4 is 5.32 Å². The number of nitrogens with zero attached hydrogens (tertiary/aromatic N) is 2. The third-order valence-electron chi connectivity index (χ3n) is 3.74. The van der Waals surface area contributed by atoms with E-state index in [1.54, 1.807) is 24.3 Å². The van der Waals surface area contributed by atoms with E-state index in [4.69, 9.17) is 4.52 Å². The second-order valence-electron chi connectivity index (χ2n) is 5.21. The van der Waals surface area contributed by atoms with Crippen molar-refractivity contribution in [3.63, 3.8) is 0 Å². The zero-order valence-electron chi connectivity index (χ0n) is 11.8. The van der Waals surface area contributed by atoms with Crippen LogP contribution in [0.3, 0.4) is 0 Å². The molecule has 0 aromatic carbocycles. The average Bonchev–Trinajstić information content (AvgIpc) is 2.96. The average molecular weight is 279 g/mol. The van der Waals surface area contributed by atoms with Crippen molar-refractivity contribution < 1.29 is 14.1 Å². The molecular weight excluding hydrogens is 258 g/mol. The van der Waals surface area contributed by atoms with Gasteiger partial charge in [0.1, 0.15) is 6.26 Å². The van der Waals surface area contributed by atoms with Gasteiger partial charge in [0, 0.05) is 38.0 Å². The normalized spacial score (nSPS) is 16.1. The molecule has 0 saturated carbocycles. The summed E-state index contributed by atoms with van der Waals surface area (Å²) >= 11 is 0. The van der Waals surface area contributed by atoms with Crippen molar-refractivity contribution in [1.82, 2.24) is 15.4 Å². The molecule has 1 saturated heterocycles. The van der Waals surface area contributed by atoms with Gasteiger partial charge in [-0.05, 0) is 25.7 Å². The van der Waals surface area contributed by atoms with Crippen molar-refractivity contribution in [1.29, 1.82) is 0 Å². The number of aryl methyl sites for hydroxylation is 1. The number of hydrogen-bond donors (Lipinski definition) is 1. The minimum Gasteiger partial charge on any atom is -0.364 e. The monoisotopic (exact) mass is 279 g/mol. The third kappa shape index (κ3) is 4.08. The molecule has 1 aliphatic rings. The fraction of sp³-hybridized carbons (Fsp3) is 0.643. The lowest BCUT2D eigenvalue weighted by atomic mass is 9.96. The number of hydrogen-bond acceptors (Lipinski definition) is 4. The molecule has 2 heterocycles. The van der Waals surface area contributed by atoms with Gasteiger partial charge in [-0.25, -0.2) is 0 Å². The highest BCUT2D eigenvalue weighted by molar-refractivity contribution is 5.79. The van der Waals surface area contributed by atoms with Crippen molar-refractivity contribution in [3.05, 3.63) is 18.0 Å². The van der Waals surface area contributed by atoms with Gasteiger partial charge in [0.25, 0.3) is 0 Å². The number of likely N-dealkylation sites (tertiary alicyclic amines) is 1. The molecule has 2 rings (SSSR count). The van der Waals surface area contributed by atoms with E-state index in [2.05, 4.69) is 10.5 Å². The van der Waals surface area contributed by atoms with Gasteiger partial charge in [-0.2, -0.15) is 0 Å². The SMILES string of the molecule is CC(=O)N1CCC(C(=O)NCCCc2cnoc2)CC1. The van der Waals surface area contributed by atoms with Gasteiger partial charge in [0.15, 0.2) is 0 Å². The van der Waals surface area contributed by atoms with Crippen LogP contribution in [0.4, 0.5) is 0 Å². The summed E-state index contributed by atoms with van der Waals surface area (Å²) in [5.74, 6) is 0.247. The van der Waals surface area contributed by atoms with E-state index in [1.165, 1.54) is 0 Å². The molecule has 110 valence electrons. The van der Waals surface area contributed by atoms with Crippen molar-refractivity contribution in [2.24, 2.45) is 5.92 Å². The second kappa shape index (κ2) is 7.07. The Bertz CT molecular complexity index is 437. The number of rotatable bonds is 5. The van der Waals surface area contributed by atoms with E-state index in [9.17, 15) is 9.59 Å². The summed E-state index contributed by atoms with van der Waals surface area (Å²) in [4.78, 5) is 25.0. The van der Waals surface area contributed by atoms with Crippen LogP contribution in [0.25, 0.3) is 0 Å². The van der Waals surface area contributed by atoms with Gasteiger partial charge in [-0.3, -0.25) is 9.59 Å². The van der Waals surface area contributed by atoms with Crippen LogP contribution >= 0.6 is 0 Å². The molecule has 1 N–H and O–H groups in total. The molecule has 0 aliphatic carbocycles. The summed E-state index contributed by atoms with van der Waals surface area (Å²) in [6.07, 6.45) is 6.57. The van der Waals surface area contributed by atoms with Gasteiger partial charge < -0.3 is 14.7 Å². The smallest absolute Gasteiger partial charge is 0.223 e. The maximum absolute atomic E-state index is 12.0.